The van der Waals surface area contributed by atoms with Crippen molar-refractivity contribution in [2.24, 2.45) is 0 Å². The van der Waals surface area contributed by atoms with E-state index in [0.717, 1.165) is 16.5 Å². The van der Waals surface area contributed by atoms with Crippen molar-refractivity contribution in [3.63, 3.8) is 0 Å². The van der Waals surface area contributed by atoms with E-state index in [1.165, 1.54) is 0 Å². The molecule has 2 atom stereocenters. The highest BCUT2D eigenvalue weighted by Gasteiger charge is 2.16. The largest absolute Gasteiger partial charge is 0.460 e. The highest BCUT2D eigenvalue weighted by Crippen LogP contribution is 2.18. The molecule has 0 spiro atoms. The molecule has 96 valence electrons. The van der Waals surface area contributed by atoms with Crippen LogP contribution in [-0.2, 0) is 16.0 Å². The molecule has 0 amide bonds. The Morgan fingerprint density at radius 1 is 1.39 bits per heavy atom. The van der Waals surface area contributed by atoms with Crippen LogP contribution in [0.2, 0.25) is 0 Å². The Morgan fingerprint density at radius 3 is 2.83 bits per heavy atom. The van der Waals surface area contributed by atoms with Crippen molar-refractivity contribution >= 4 is 16.9 Å². The zero-order valence-electron chi connectivity index (χ0n) is 10.5. The molecule has 4 nitrogen and oxygen atoms in total. The molecular weight excluding hydrogens is 230 g/mol. The number of hydrogen-bond donors (Lipinski definition) is 2. The van der Waals surface area contributed by atoms with E-state index in [1.807, 2.05) is 30.5 Å². The molecule has 0 saturated carbocycles. The lowest BCUT2D eigenvalue weighted by Crippen LogP contribution is -2.26. The van der Waals surface area contributed by atoms with Gasteiger partial charge in [-0.3, -0.25) is 4.79 Å². The molecule has 1 heterocycles. The minimum Gasteiger partial charge on any atom is -0.460 e. The van der Waals surface area contributed by atoms with Gasteiger partial charge in [0, 0.05) is 17.1 Å². The van der Waals surface area contributed by atoms with Gasteiger partial charge in [0.2, 0.25) is 0 Å². The predicted octanol–water partition coefficient (Wildman–Crippen LogP) is 2.02. The molecular formula is C14H17NO3. The number of H-pyrrole nitrogens is 1. The van der Waals surface area contributed by atoms with Crippen LogP contribution < -0.4 is 0 Å². The summed E-state index contributed by atoms with van der Waals surface area (Å²) in [6.45, 7) is 3.28. The number of aliphatic hydroxyl groups excluding tert-OH is 1. The maximum atomic E-state index is 11.7. The van der Waals surface area contributed by atoms with Gasteiger partial charge in [-0.2, -0.15) is 0 Å². The second-order valence-corrected chi connectivity index (χ2v) is 4.47. The highest BCUT2D eigenvalue weighted by molar-refractivity contribution is 5.87. The first kappa shape index (κ1) is 12.6. The number of benzene rings is 1. The average molecular weight is 247 g/mol. The van der Waals surface area contributed by atoms with Crippen molar-refractivity contribution in [1.82, 2.24) is 4.98 Å². The molecule has 1 aromatic carbocycles. The molecule has 2 rings (SSSR count). The van der Waals surface area contributed by atoms with Crippen LogP contribution in [0.4, 0.5) is 0 Å². The summed E-state index contributed by atoms with van der Waals surface area (Å²) in [5.74, 6) is -0.326. The van der Waals surface area contributed by atoms with E-state index in [2.05, 4.69) is 4.98 Å². The van der Waals surface area contributed by atoms with Gasteiger partial charge < -0.3 is 14.8 Å². The van der Waals surface area contributed by atoms with Crippen LogP contribution in [0.25, 0.3) is 10.9 Å². The number of hydrogen-bond acceptors (Lipinski definition) is 3. The monoisotopic (exact) mass is 247 g/mol. The van der Waals surface area contributed by atoms with Gasteiger partial charge in [0.1, 0.15) is 6.10 Å². The second kappa shape index (κ2) is 5.23. The normalized spacial score (nSPS) is 14.4. The Labute approximate surface area is 106 Å². The third kappa shape index (κ3) is 2.71. The highest BCUT2D eigenvalue weighted by atomic mass is 16.6. The molecule has 1 aromatic heterocycles. The third-order valence-electron chi connectivity index (χ3n) is 3.01. The molecule has 0 aliphatic heterocycles. The molecule has 0 fully saturated rings. The van der Waals surface area contributed by atoms with Crippen LogP contribution in [-0.4, -0.2) is 28.3 Å². The van der Waals surface area contributed by atoms with Gasteiger partial charge in [0.25, 0.3) is 0 Å². The minimum absolute atomic E-state index is 0.209. The first-order chi connectivity index (χ1) is 8.58. The first-order valence-corrected chi connectivity index (χ1v) is 6.00. The lowest BCUT2D eigenvalue weighted by Gasteiger charge is -2.15. The summed E-state index contributed by atoms with van der Waals surface area (Å²) in [6, 6.07) is 7.80. The van der Waals surface area contributed by atoms with Gasteiger partial charge in [-0.15, -0.1) is 0 Å². The topological polar surface area (TPSA) is 62.3 Å². The number of carbonyl (C=O) groups is 1. The van der Waals surface area contributed by atoms with Crippen molar-refractivity contribution < 1.29 is 14.6 Å². The van der Waals surface area contributed by atoms with Crippen LogP contribution in [0.5, 0.6) is 0 Å². The van der Waals surface area contributed by atoms with E-state index in [4.69, 9.17) is 4.74 Å². The number of carbonyl (C=O) groups excluding carboxylic acids is 1. The van der Waals surface area contributed by atoms with Crippen LogP contribution in [0.1, 0.15) is 19.4 Å². The van der Waals surface area contributed by atoms with Gasteiger partial charge in [-0.05, 0) is 25.5 Å². The summed E-state index contributed by atoms with van der Waals surface area (Å²) in [7, 11) is 0. The number of aromatic nitrogens is 1. The smallest absolute Gasteiger partial charge is 0.310 e. The Hall–Kier alpha value is -1.81. The molecule has 0 saturated heterocycles. The van der Waals surface area contributed by atoms with Crippen molar-refractivity contribution in [2.75, 3.05) is 0 Å². The van der Waals surface area contributed by atoms with E-state index in [-0.39, 0.29) is 12.4 Å². The first-order valence-electron chi connectivity index (χ1n) is 6.00. The zero-order valence-corrected chi connectivity index (χ0v) is 10.5. The van der Waals surface area contributed by atoms with E-state index < -0.39 is 12.2 Å². The van der Waals surface area contributed by atoms with Gasteiger partial charge in [-0.25, -0.2) is 0 Å². The summed E-state index contributed by atoms with van der Waals surface area (Å²) < 4.78 is 5.13. The van der Waals surface area contributed by atoms with Crippen LogP contribution >= 0.6 is 0 Å². The lowest BCUT2D eigenvalue weighted by molar-refractivity contribution is -0.152. The van der Waals surface area contributed by atoms with Crippen molar-refractivity contribution in [3.8, 4) is 0 Å². The van der Waals surface area contributed by atoms with Gasteiger partial charge >= 0.3 is 5.97 Å². The summed E-state index contributed by atoms with van der Waals surface area (Å²) >= 11 is 0. The number of aromatic amines is 1. The predicted molar refractivity (Wildman–Crippen MR) is 69.2 cm³/mol. The van der Waals surface area contributed by atoms with Crippen LogP contribution in [0.3, 0.4) is 0 Å². The molecule has 2 aromatic rings. The van der Waals surface area contributed by atoms with E-state index in [1.54, 1.807) is 13.8 Å². The zero-order chi connectivity index (χ0) is 13.1. The third-order valence-corrected chi connectivity index (χ3v) is 3.01. The standard InChI is InChI=1S/C14H17NO3/c1-9(16)10(2)18-14(17)7-11-8-15-13-6-4-3-5-12(11)13/h3-6,8-10,15-16H,7H2,1-2H3/t9-,10-/m0/s1. The number of esters is 1. The molecule has 0 aliphatic rings. The molecule has 0 unspecified atom stereocenters. The number of nitrogens with one attached hydrogen (secondary N) is 1. The second-order valence-electron chi connectivity index (χ2n) is 4.47. The Morgan fingerprint density at radius 2 is 2.11 bits per heavy atom. The molecule has 0 radical (unpaired) electrons. The van der Waals surface area contributed by atoms with Crippen molar-refractivity contribution in [2.45, 2.75) is 32.5 Å². The maximum Gasteiger partial charge on any atom is 0.310 e. The Bertz CT molecular complexity index is 545. The van der Waals surface area contributed by atoms with Gasteiger partial charge in [0.05, 0.1) is 12.5 Å². The fraction of sp³-hybridized carbons (Fsp3) is 0.357. The van der Waals surface area contributed by atoms with Crippen molar-refractivity contribution in [3.05, 3.63) is 36.0 Å². The number of aliphatic hydroxyl groups is 1. The number of para-hydroxylation sites is 1. The maximum absolute atomic E-state index is 11.7. The number of fused-ring (bicyclic) bond motifs is 1. The molecule has 2 N–H and O–H groups in total. The van der Waals surface area contributed by atoms with E-state index >= 15 is 0 Å². The quantitative estimate of drug-likeness (QED) is 0.812. The van der Waals surface area contributed by atoms with Gasteiger partial charge in [-0.1, -0.05) is 18.2 Å². The number of rotatable bonds is 4. The SMILES string of the molecule is C[C@H](O)[C@H](C)OC(=O)Cc1c[nH]c2ccccc12. The van der Waals surface area contributed by atoms with Gasteiger partial charge in [0.15, 0.2) is 0 Å². The molecule has 4 heteroatoms. The Balaban J connectivity index is 2.07. The fourth-order valence-corrected chi connectivity index (χ4v) is 1.78. The molecule has 18 heavy (non-hydrogen) atoms. The summed E-state index contributed by atoms with van der Waals surface area (Å²) in [5.41, 5.74) is 1.91. The van der Waals surface area contributed by atoms with Crippen LogP contribution in [0, 0.1) is 0 Å². The van der Waals surface area contributed by atoms with Crippen LogP contribution in [0.15, 0.2) is 30.5 Å². The Kier molecular flexibility index (Phi) is 3.67. The fourth-order valence-electron chi connectivity index (χ4n) is 1.78. The summed E-state index contributed by atoms with van der Waals surface area (Å²) in [6.07, 6.45) is 0.889. The summed E-state index contributed by atoms with van der Waals surface area (Å²) in [5, 5.41) is 10.3. The molecule has 0 bridgehead atoms. The average Bonchev–Trinajstić information content (AvgIpc) is 2.72. The molecule has 0 aliphatic carbocycles. The van der Waals surface area contributed by atoms with E-state index in [9.17, 15) is 9.90 Å². The van der Waals surface area contributed by atoms with Crippen molar-refractivity contribution in [1.29, 1.82) is 0 Å². The van der Waals surface area contributed by atoms with E-state index in [0.29, 0.717) is 0 Å². The lowest BCUT2D eigenvalue weighted by atomic mass is 10.1. The summed E-state index contributed by atoms with van der Waals surface area (Å²) in [4.78, 5) is 14.8. The number of ether oxygens (including phenoxy) is 1. The minimum atomic E-state index is -0.656.